The smallest absolute Gasteiger partial charge is 0.317 e. The molecule has 2 atom stereocenters. The molecule has 130 valence electrons. The monoisotopic (exact) mass is 347 g/mol. The lowest BCUT2D eigenvalue weighted by molar-refractivity contribution is 0.190. The van der Waals surface area contributed by atoms with E-state index in [-0.39, 0.29) is 18.1 Å². The lowest BCUT2D eigenvalue weighted by atomic mass is 10.1. The number of nitrogens with one attached hydrogen (secondary N) is 1. The van der Waals surface area contributed by atoms with Crippen LogP contribution in [0.2, 0.25) is 0 Å². The van der Waals surface area contributed by atoms with Gasteiger partial charge in [-0.2, -0.15) is 0 Å². The Morgan fingerprint density at radius 3 is 2.71 bits per heavy atom. The lowest BCUT2D eigenvalue weighted by Crippen LogP contribution is -2.44. The van der Waals surface area contributed by atoms with Crippen LogP contribution in [-0.4, -0.2) is 36.1 Å². The highest BCUT2D eigenvalue weighted by molar-refractivity contribution is 7.09. The topological polar surface area (TPSA) is 54.5 Å². The Morgan fingerprint density at radius 2 is 2.08 bits per heavy atom. The van der Waals surface area contributed by atoms with Crippen molar-refractivity contribution in [1.82, 2.24) is 15.2 Å². The molecule has 0 saturated carbocycles. The Bertz CT molecular complexity index is 686. The summed E-state index contributed by atoms with van der Waals surface area (Å²) < 4.78 is 5.38. The van der Waals surface area contributed by atoms with Gasteiger partial charge in [0.25, 0.3) is 0 Å². The van der Waals surface area contributed by atoms with Crippen LogP contribution in [0, 0.1) is 6.92 Å². The predicted molar refractivity (Wildman–Crippen MR) is 97.7 cm³/mol. The van der Waals surface area contributed by atoms with Gasteiger partial charge in [-0.25, -0.2) is 9.78 Å². The number of aromatic nitrogens is 1. The zero-order valence-corrected chi connectivity index (χ0v) is 15.7. The van der Waals surface area contributed by atoms with Gasteiger partial charge < -0.3 is 15.0 Å². The number of amides is 2. The summed E-state index contributed by atoms with van der Waals surface area (Å²) in [6, 6.07) is 7.74. The van der Waals surface area contributed by atoms with Gasteiger partial charge in [0.1, 0.15) is 5.75 Å². The molecule has 2 amide bonds. The standard InChI is InChI=1S/C18H25N3O2S/c1-12(10-15-8-6-7-9-17(15)23-5)21(4)18(22)19-13(2)16-11-24-14(3)20-16/h6-9,11-13H,10H2,1-5H3,(H,19,22)/t12-,13-/m0/s1. The molecule has 1 N–H and O–H groups in total. The second kappa shape index (κ2) is 8.15. The molecule has 0 radical (unpaired) electrons. The minimum Gasteiger partial charge on any atom is -0.496 e. The Labute approximate surface area is 147 Å². The molecule has 0 fully saturated rings. The van der Waals surface area contributed by atoms with Crippen molar-refractivity contribution < 1.29 is 9.53 Å². The van der Waals surface area contributed by atoms with E-state index in [0.29, 0.717) is 0 Å². The third-order valence-corrected chi connectivity index (χ3v) is 4.90. The summed E-state index contributed by atoms with van der Waals surface area (Å²) in [6.45, 7) is 5.94. The molecule has 0 aliphatic carbocycles. The number of nitrogens with zero attached hydrogens (tertiary/aromatic N) is 2. The summed E-state index contributed by atoms with van der Waals surface area (Å²) in [7, 11) is 3.48. The van der Waals surface area contributed by atoms with Crippen molar-refractivity contribution in [2.24, 2.45) is 0 Å². The average Bonchev–Trinajstić information content (AvgIpc) is 3.01. The largest absolute Gasteiger partial charge is 0.496 e. The average molecular weight is 347 g/mol. The molecule has 0 unspecified atom stereocenters. The molecule has 0 spiro atoms. The number of likely N-dealkylation sites (N-methyl/N-ethyl adjacent to an activating group) is 1. The molecule has 2 rings (SSSR count). The summed E-state index contributed by atoms with van der Waals surface area (Å²) in [5, 5.41) is 5.99. The summed E-state index contributed by atoms with van der Waals surface area (Å²) >= 11 is 1.59. The predicted octanol–water partition coefficient (Wildman–Crippen LogP) is 3.79. The number of hydrogen-bond donors (Lipinski definition) is 1. The minimum atomic E-state index is -0.108. The summed E-state index contributed by atoms with van der Waals surface area (Å²) in [5.74, 6) is 0.851. The zero-order valence-electron chi connectivity index (χ0n) is 14.9. The van der Waals surface area contributed by atoms with Crippen molar-refractivity contribution in [3.63, 3.8) is 0 Å². The number of para-hydroxylation sites is 1. The lowest BCUT2D eigenvalue weighted by Gasteiger charge is -2.27. The van der Waals surface area contributed by atoms with E-state index >= 15 is 0 Å². The molecule has 24 heavy (non-hydrogen) atoms. The van der Waals surface area contributed by atoms with E-state index in [0.717, 1.165) is 28.4 Å². The number of ether oxygens (including phenoxy) is 1. The summed E-state index contributed by atoms with van der Waals surface area (Å²) in [5.41, 5.74) is 1.99. The number of hydrogen-bond acceptors (Lipinski definition) is 4. The first-order valence-electron chi connectivity index (χ1n) is 7.99. The van der Waals surface area contributed by atoms with Crippen molar-refractivity contribution in [3.8, 4) is 5.75 Å². The van der Waals surface area contributed by atoms with Gasteiger partial charge in [-0.1, -0.05) is 18.2 Å². The fraction of sp³-hybridized carbons (Fsp3) is 0.444. The van der Waals surface area contributed by atoms with Crippen molar-refractivity contribution in [3.05, 3.63) is 45.9 Å². The Kier molecular flexibility index (Phi) is 6.20. The van der Waals surface area contributed by atoms with Gasteiger partial charge >= 0.3 is 6.03 Å². The zero-order chi connectivity index (χ0) is 17.7. The maximum Gasteiger partial charge on any atom is 0.317 e. The highest BCUT2D eigenvalue weighted by atomic mass is 32.1. The third-order valence-electron chi connectivity index (χ3n) is 4.11. The van der Waals surface area contributed by atoms with E-state index in [4.69, 9.17) is 4.74 Å². The molecule has 1 aromatic heterocycles. The molecular weight excluding hydrogens is 322 g/mol. The van der Waals surface area contributed by atoms with E-state index in [1.165, 1.54) is 0 Å². The van der Waals surface area contributed by atoms with Gasteiger partial charge in [0, 0.05) is 18.5 Å². The van der Waals surface area contributed by atoms with E-state index in [1.54, 1.807) is 23.3 Å². The van der Waals surface area contributed by atoms with Gasteiger partial charge in [-0.05, 0) is 38.8 Å². The van der Waals surface area contributed by atoms with E-state index in [2.05, 4.69) is 10.3 Å². The van der Waals surface area contributed by atoms with Crippen LogP contribution in [0.4, 0.5) is 4.79 Å². The van der Waals surface area contributed by atoms with Gasteiger partial charge in [0.2, 0.25) is 0 Å². The number of carbonyl (C=O) groups excluding carboxylic acids is 1. The van der Waals surface area contributed by atoms with Crippen LogP contribution in [-0.2, 0) is 6.42 Å². The molecule has 0 aliphatic heterocycles. The van der Waals surface area contributed by atoms with Crippen molar-refractivity contribution in [2.45, 2.75) is 39.3 Å². The van der Waals surface area contributed by atoms with E-state index in [9.17, 15) is 4.79 Å². The number of urea groups is 1. The Balaban J connectivity index is 1.96. The number of methoxy groups -OCH3 is 1. The molecule has 5 nitrogen and oxygen atoms in total. The van der Waals surface area contributed by atoms with Crippen LogP contribution in [0.25, 0.3) is 0 Å². The van der Waals surface area contributed by atoms with Gasteiger partial charge in [0.05, 0.1) is 23.9 Å². The fourth-order valence-electron chi connectivity index (χ4n) is 2.47. The molecule has 1 heterocycles. The first-order chi connectivity index (χ1) is 11.4. The highest BCUT2D eigenvalue weighted by Gasteiger charge is 2.20. The molecular formula is C18H25N3O2S. The van der Waals surface area contributed by atoms with Crippen LogP contribution in [0.5, 0.6) is 5.75 Å². The SMILES string of the molecule is COc1ccccc1C[C@H](C)N(C)C(=O)N[C@@H](C)c1csc(C)n1. The van der Waals surface area contributed by atoms with Crippen LogP contribution >= 0.6 is 11.3 Å². The minimum absolute atomic E-state index is 0.0469. The normalized spacial score (nSPS) is 13.2. The summed E-state index contributed by atoms with van der Waals surface area (Å²) in [4.78, 5) is 18.6. The number of benzene rings is 1. The maximum absolute atomic E-state index is 12.5. The Morgan fingerprint density at radius 1 is 1.38 bits per heavy atom. The molecule has 0 bridgehead atoms. The number of rotatable bonds is 6. The van der Waals surface area contributed by atoms with Crippen molar-refractivity contribution >= 4 is 17.4 Å². The van der Waals surface area contributed by atoms with Crippen LogP contribution in [0.3, 0.4) is 0 Å². The first-order valence-corrected chi connectivity index (χ1v) is 8.87. The van der Waals surface area contributed by atoms with Crippen LogP contribution in [0.15, 0.2) is 29.6 Å². The first kappa shape index (κ1) is 18.3. The number of aryl methyl sites for hydroxylation is 1. The van der Waals surface area contributed by atoms with Gasteiger partial charge in [-0.15, -0.1) is 11.3 Å². The summed E-state index contributed by atoms with van der Waals surface area (Å²) in [6.07, 6.45) is 0.734. The van der Waals surface area contributed by atoms with Gasteiger partial charge in [0.15, 0.2) is 0 Å². The number of thiazole rings is 1. The fourth-order valence-corrected chi connectivity index (χ4v) is 3.17. The highest BCUT2D eigenvalue weighted by Crippen LogP contribution is 2.21. The van der Waals surface area contributed by atoms with Crippen LogP contribution in [0.1, 0.15) is 36.2 Å². The second-order valence-electron chi connectivity index (χ2n) is 5.94. The van der Waals surface area contributed by atoms with E-state index in [1.807, 2.05) is 57.5 Å². The van der Waals surface area contributed by atoms with E-state index < -0.39 is 0 Å². The molecule has 6 heteroatoms. The van der Waals surface area contributed by atoms with Gasteiger partial charge in [-0.3, -0.25) is 0 Å². The molecule has 2 aromatic rings. The molecule has 0 saturated heterocycles. The molecule has 0 aliphatic rings. The molecule has 1 aromatic carbocycles. The van der Waals surface area contributed by atoms with Crippen LogP contribution < -0.4 is 10.1 Å². The van der Waals surface area contributed by atoms with Crippen molar-refractivity contribution in [1.29, 1.82) is 0 Å². The number of carbonyl (C=O) groups is 1. The second-order valence-corrected chi connectivity index (χ2v) is 7.00. The maximum atomic E-state index is 12.5. The quantitative estimate of drug-likeness (QED) is 0.865. The third kappa shape index (κ3) is 4.47. The van der Waals surface area contributed by atoms with Crippen molar-refractivity contribution in [2.75, 3.05) is 14.2 Å². The Hall–Kier alpha value is -2.08.